The van der Waals surface area contributed by atoms with Crippen LogP contribution in [0.4, 0.5) is 0 Å². The molecule has 148 valence electrons. The SMILES string of the molecule is CCc1ccc(CN(C(=O)/C=C/c2ccccc2Cl)C2CCS(=O)(=O)C2)cc1. The molecule has 0 spiro atoms. The number of halogens is 1. The number of nitrogens with zero attached hydrogens (tertiary/aromatic N) is 1. The number of carbonyl (C=O) groups excluding carboxylic acids is 1. The molecule has 6 heteroatoms. The van der Waals surface area contributed by atoms with Gasteiger partial charge in [0.25, 0.3) is 0 Å². The van der Waals surface area contributed by atoms with Crippen LogP contribution in [0.3, 0.4) is 0 Å². The van der Waals surface area contributed by atoms with Gasteiger partial charge in [-0.3, -0.25) is 4.79 Å². The Kier molecular flexibility index (Phi) is 6.57. The van der Waals surface area contributed by atoms with Crippen LogP contribution in [0.5, 0.6) is 0 Å². The molecule has 1 fully saturated rings. The van der Waals surface area contributed by atoms with E-state index in [9.17, 15) is 13.2 Å². The quantitative estimate of drug-likeness (QED) is 0.664. The molecule has 1 unspecified atom stereocenters. The van der Waals surface area contributed by atoms with Crippen LogP contribution in [-0.4, -0.2) is 36.8 Å². The van der Waals surface area contributed by atoms with Gasteiger partial charge in [0.2, 0.25) is 5.91 Å². The van der Waals surface area contributed by atoms with Crippen LogP contribution in [0.2, 0.25) is 5.02 Å². The van der Waals surface area contributed by atoms with Crippen molar-refractivity contribution >= 4 is 33.4 Å². The van der Waals surface area contributed by atoms with Crippen LogP contribution in [0.1, 0.15) is 30.0 Å². The minimum atomic E-state index is -3.09. The lowest BCUT2D eigenvalue weighted by Crippen LogP contribution is -2.39. The summed E-state index contributed by atoms with van der Waals surface area (Å²) in [4.78, 5) is 14.6. The Morgan fingerprint density at radius 3 is 2.43 bits per heavy atom. The van der Waals surface area contributed by atoms with Crippen molar-refractivity contribution in [1.29, 1.82) is 0 Å². The molecule has 0 N–H and O–H groups in total. The highest BCUT2D eigenvalue weighted by Gasteiger charge is 2.34. The molecule has 0 radical (unpaired) electrons. The van der Waals surface area contributed by atoms with Gasteiger partial charge in [-0.05, 0) is 41.7 Å². The lowest BCUT2D eigenvalue weighted by atomic mass is 10.1. The van der Waals surface area contributed by atoms with E-state index in [1.54, 1.807) is 17.0 Å². The summed E-state index contributed by atoms with van der Waals surface area (Å²) in [6, 6.07) is 15.1. The largest absolute Gasteiger partial charge is 0.331 e. The van der Waals surface area contributed by atoms with Crippen molar-refractivity contribution in [3.63, 3.8) is 0 Å². The second-order valence-electron chi connectivity index (χ2n) is 7.05. The third-order valence-electron chi connectivity index (χ3n) is 5.03. The average Bonchev–Trinajstić information content (AvgIpc) is 3.05. The Bertz CT molecular complexity index is 968. The van der Waals surface area contributed by atoms with Crippen LogP contribution in [0.25, 0.3) is 6.08 Å². The first-order valence-electron chi connectivity index (χ1n) is 9.39. The van der Waals surface area contributed by atoms with Crippen molar-refractivity contribution in [1.82, 2.24) is 4.90 Å². The molecule has 2 aromatic carbocycles. The number of benzene rings is 2. The number of rotatable bonds is 6. The third-order valence-corrected chi connectivity index (χ3v) is 7.12. The molecule has 0 aromatic heterocycles. The molecule has 1 amide bonds. The van der Waals surface area contributed by atoms with Crippen LogP contribution < -0.4 is 0 Å². The van der Waals surface area contributed by atoms with Crippen LogP contribution in [-0.2, 0) is 27.6 Å². The van der Waals surface area contributed by atoms with Crippen molar-refractivity contribution in [3.05, 3.63) is 76.3 Å². The molecule has 3 rings (SSSR count). The van der Waals surface area contributed by atoms with Crippen molar-refractivity contribution < 1.29 is 13.2 Å². The Balaban J connectivity index is 1.82. The molecule has 1 aliphatic heterocycles. The maximum atomic E-state index is 13.0. The summed E-state index contributed by atoms with van der Waals surface area (Å²) in [6.45, 7) is 2.48. The van der Waals surface area contributed by atoms with Gasteiger partial charge in [0, 0.05) is 23.7 Å². The molecular weight excluding hydrogens is 394 g/mol. The molecule has 1 heterocycles. The van der Waals surface area contributed by atoms with E-state index in [2.05, 4.69) is 6.92 Å². The Labute approximate surface area is 171 Å². The summed E-state index contributed by atoms with van der Waals surface area (Å²) in [7, 11) is -3.09. The molecular formula is C22H24ClNO3S. The van der Waals surface area contributed by atoms with Crippen LogP contribution >= 0.6 is 11.6 Å². The number of amides is 1. The van der Waals surface area contributed by atoms with Crippen LogP contribution in [0.15, 0.2) is 54.6 Å². The molecule has 0 bridgehead atoms. The highest BCUT2D eigenvalue weighted by Crippen LogP contribution is 2.22. The van der Waals surface area contributed by atoms with Crippen molar-refractivity contribution in [2.45, 2.75) is 32.4 Å². The van der Waals surface area contributed by atoms with E-state index in [1.165, 1.54) is 11.6 Å². The van der Waals surface area contributed by atoms with Gasteiger partial charge in [-0.15, -0.1) is 0 Å². The first-order chi connectivity index (χ1) is 13.4. The van der Waals surface area contributed by atoms with Gasteiger partial charge in [-0.1, -0.05) is 61.0 Å². The molecule has 1 aliphatic rings. The molecule has 1 atom stereocenters. The molecule has 2 aromatic rings. The smallest absolute Gasteiger partial charge is 0.247 e. The third kappa shape index (κ3) is 5.24. The lowest BCUT2D eigenvalue weighted by molar-refractivity contribution is -0.128. The van der Waals surface area contributed by atoms with E-state index >= 15 is 0 Å². The van der Waals surface area contributed by atoms with Crippen molar-refractivity contribution in [2.24, 2.45) is 0 Å². The average molecular weight is 418 g/mol. The minimum Gasteiger partial charge on any atom is -0.331 e. The van der Waals surface area contributed by atoms with E-state index in [4.69, 9.17) is 11.6 Å². The number of carbonyl (C=O) groups is 1. The summed E-state index contributed by atoms with van der Waals surface area (Å²) < 4.78 is 23.9. The minimum absolute atomic E-state index is 0.0196. The molecule has 0 saturated carbocycles. The van der Waals surface area contributed by atoms with E-state index < -0.39 is 9.84 Å². The fourth-order valence-electron chi connectivity index (χ4n) is 3.35. The second kappa shape index (κ2) is 8.93. The number of sulfone groups is 1. The molecule has 4 nitrogen and oxygen atoms in total. The Morgan fingerprint density at radius 2 is 1.82 bits per heavy atom. The number of hydrogen-bond acceptors (Lipinski definition) is 3. The van der Waals surface area contributed by atoms with E-state index in [1.807, 2.05) is 42.5 Å². The monoisotopic (exact) mass is 417 g/mol. The van der Waals surface area contributed by atoms with E-state index in [0.29, 0.717) is 18.0 Å². The maximum absolute atomic E-state index is 13.0. The summed E-state index contributed by atoms with van der Waals surface area (Å²) >= 11 is 6.15. The maximum Gasteiger partial charge on any atom is 0.247 e. The Hall–Kier alpha value is -2.11. The number of aryl methyl sites for hydroxylation is 1. The first-order valence-corrected chi connectivity index (χ1v) is 11.6. The number of hydrogen-bond donors (Lipinski definition) is 0. The highest BCUT2D eigenvalue weighted by atomic mass is 35.5. The van der Waals surface area contributed by atoms with E-state index in [-0.39, 0.29) is 23.5 Å². The summed E-state index contributed by atoms with van der Waals surface area (Å²) in [5, 5.41) is 0.566. The van der Waals surface area contributed by atoms with Gasteiger partial charge in [-0.2, -0.15) is 0 Å². The standard InChI is InChI=1S/C22H24ClNO3S/c1-2-17-7-9-18(10-8-17)15-24(20-13-14-28(26,27)16-20)22(25)12-11-19-5-3-4-6-21(19)23/h3-12,20H,2,13-16H2,1H3/b12-11+. The summed E-state index contributed by atoms with van der Waals surface area (Å²) in [5.74, 6) is -0.0579. The zero-order valence-electron chi connectivity index (χ0n) is 15.8. The second-order valence-corrected chi connectivity index (χ2v) is 9.68. The van der Waals surface area contributed by atoms with Crippen molar-refractivity contribution in [2.75, 3.05) is 11.5 Å². The lowest BCUT2D eigenvalue weighted by Gasteiger charge is -2.27. The predicted molar refractivity (Wildman–Crippen MR) is 114 cm³/mol. The fraction of sp³-hybridized carbons (Fsp3) is 0.318. The molecule has 28 heavy (non-hydrogen) atoms. The fourth-order valence-corrected chi connectivity index (χ4v) is 5.28. The zero-order chi connectivity index (χ0) is 20.1. The van der Waals surface area contributed by atoms with Gasteiger partial charge in [-0.25, -0.2) is 8.42 Å². The van der Waals surface area contributed by atoms with Gasteiger partial charge >= 0.3 is 0 Å². The van der Waals surface area contributed by atoms with Crippen LogP contribution in [0, 0.1) is 0 Å². The van der Waals surface area contributed by atoms with E-state index in [0.717, 1.165) is 17.5 Å². The topological polar surface area (TPSA) is 54.5 Å². The summed E-state index contributed by atoms with van der Waals surface area (Å²) in [5.41, 5.74) is 2.97. The highest BCUT2D eigenvalue weighted by molar-refractivity contribution is 7.91. The molecule has 1 saturated heterocycles. The van der Waals surface area contributed by atoms with Crippen molar-refractivity contribution in [3.8, 4) is 0 Å². The van der Waals surface area contributed by atoms with Gasteiger partial charge in [0.05, 0.1) is 11.5 Å². The Morgan fingerprint density at radius 1 is 1.14 bits per heavy atom. The zero-order valence-corrected chi connectivity index (χ0v) is 17.4. The van der Waals surface area contributed by atoms with Gasteiger partial charge in [0.1, 0.15) is 0 Å². The van der Waals surface area contributed by atoms with Gasteiger partial charge in [0.15, 0.2) is 9.84 Å². The first kappa shape index (κ1) is 20.6. The van der Waals surface area contributed by atoms with Gasteiger partial charge < -0.3 is 4.90 Å². The predicted octanol–water partition coefficient (Wildman–Crippen LogP) is 4.13. The normalized spacial score (nSPS) is 18.4. The molecule has 0 aliphatic carbocycles. The summed E-state index contributed by atoms with van der Waals surface area (Å²) in [6.07, 6.45) is 4.58.